The average molecular weight is 265 g/mol. The van der Waals surface area contributed by atoms with Crippen LogP contribution in [0, 0.1) is 0 Å². The number of amides is 2. The molecule has 1 saturated heterocycles. The van der Waals surface area contributed by atoms with Gasteiger partial charge in [-0.15, -0.1) is 0 Å². The third-order valence-electron chi connectivity index (χ3n) is 3.11. The van der Waals surface area contributed by atoms with Crippen molar-refractivity contribution in [1.82, 2.24) is 20.4 Å². The first-order valence-corrected chi connectivity index (χ1v) is 6.46. The van der Waals surface area contributed by atoms with Crippen LogP contribution in [-0.2, 0) is 16.1 Å². The molecule has 104 valence electrons. The standard InChI is InChI=1S/C12H19N5O2/c1-13-11(18)8-17-7-9(6-15-17)16-12(19)10-4-2-3-5-14-10/h6-7,10,14H,2-5,8H2,1H3,(H,13,18)(H,16,19). The molecule has 1 aromatic heterocycles. The average Bonchev–Trinajstić information content (AvgIpc) is 2.86. The molecule has 0 aromatic carbocycles. The van der Waals surface area contributed by atoms with Gasteiger partial charge in [0.1, 0.15) is 6.54 Å². The molecule has 0 radical (unpaired) electrons. The van der Waals surface area contributed by atoms with Crippen LogP contribution in [0.25, 0.3) is 0 Å². The fourth-order valence-electron chi connectivity index (χ4n) is 2.05. The molecule has 1 unspecified atom stereocenters. The number of aromatic nitrogens is 2. The molecule has 19 heavy (non-hydrogen) atoms. The number of likely N-dealkylation sites (N-methyl/N-ethyl adjacent to an activating group) is 1. The summed E-state index contributed by atoms with van der Waals surface area (Å²) in [7, 11) is 1.57. The Labute approximate surface area is 111 Å². The van der Waals surface area contributed by atoms with E-state index >= 15 is 0 Å². The third kappa shape index (κ3) is 3.78. The highest BCUT2D eigenvalue weighted by molar-refractivity contribution is 5.94. The van der Waals surface area contributed by atoms with E-state index in [2.05, 4.69) is 21.0 Å². The predicted octanol–water partition coefficient (Wildman–Crippen LogP) is -0.290. The maximum atomic E-state index is 12.0. The Morgan fingerprint density at radius 3 is 3.05 bits per heavy atom. The summed E-state index contributed by atoms with van der Waals surface area (Å²) in [6.07, 6.45) is 6.24. The molecule has 0 bridgehead atoms. The minimum absolute atomic E-state index is 0.0424. The molecule has 0 aliphatic carbocycles. The lowest BCUT2D eigenvalue weighted by Crippen LogP contribution is -2.43. The van der Waals surface area contributed by atoms with Gasteiger partial charge in [-0.2, -0.15) is 5.10 Å². The molecule has 1 aliphatic heterocycles. The Morgan fingerprint density at radius 1 is 1.53 bits per heavy atom. The second kappa shape index (κ2) is 6.33. The van der Waals surface area contributed by atoms with Crippen molar-refractivity contribution in [2.24, 2.45) is 0 Å². The van der Waals surface area contributed by atoms with Crippen LogP contribution >= 0.6 is 0 Å². The van der Waals surface area contributed by atoms with E-state index in [0.29, 0.717) is 5.69 Å². The molecule has 7 heteroatoms. The maximum absolute atomic E-state index is 12.0. The molecule has 0 spiro atoms. The SMILES string of the molecule is CNC(=O)Cn1cc(NC(=O)C2CCCCN2)cn1. The van der Waals surface area contributed by atoms with Gasteiger partial charge in [0.25, 0.3) is 0 Å². The molecule has 3 N–H and O–H groups in total. The fourth-order valence-corrected chi connectivity index (χ4v) is 2.05. The number of nitrogens with one attached hydrogen (secondary N) is 3. The highest BCUT2D eigenvalue weighted by atomic mass is 16.2. The number of carbonyl (C=O) groups excluding carboxylic acids is 2. The molecular formula is C12H19N5O2. The summed E-state index contributed by atoms with van der Waals surface area (Å²) in [5.41, 5.74) is 0.612. The van der Waals surface area contributed by atoms with E-state index in [4.69, 9.17) is 0 Å². The molecule has 1 fully saturated rings. The number of piperidine rings is 1. The van der Waals surface area contributed by atoms with Crippen molar-refractivity contribution in [1.29, 1.82) is 0 Å². The van der Waals surface area contributed by atoms with E-state index in [0.717, 1.165) is 25.8 Å². The van der Waals surface area contributed by atoms with Gasteiger partial charge in [0.15, 0.2) is 0 Å². The van der Waals surface area contributed by atoms with Crippen molar-refractivity contribution in [3.8, 4) is 0 Å². The summed E-state index contributed by atoms with van der Waals surface area (Å²) in [4.78, 5) is 23.2. The van der Waals surface area contributed by atoms with Crippen LogP contribution in [0.15, 0.2) is 12.4 Å². The van der Waals surface area contributed by atoms with Gasteiger partial charge in [0.05, 0.1) is 17.9 Å². The van der Waals surface area contributed by atoms with Crippen molar-refractivity contribution < 1.29 is 9.59 Å². The number of hydrogen-bond acceptors (Lipinski definition) is 4. The first-order chi connectivity index (χ1) is 9.19. The van der Waals surface area contributed by atoms with Gasteiger partial charge >= 0.3 is 0 Å². The summed E-state index contributed by atoms with van der Waals surface area (Å²) in [6.45, 7) is 1.03. The first kappa shape index (κ1) is 13.5. The van der Waals surface area contributed by atoms with Crippen molar-refractivity contribution in [3.63, 3.8) is 0 Å². The van der Waals surface area contributed by atoms with Gasteiger partial charge in [-0.3, -0.25) is 14.3 Å². The van der Waals surface area contributed by atoms with Crippen LogP contribution in [0.2, 0.25) is 0 Å². The van der Waals surface area contributed by atoms with Crippen molar-refractivity contribution in [3.05, 3.63) is 12.4 Å². The van der Waals surface area contributed by atoms with E-state index in [-0.39, 0.29) is 24.4 Å². The van der Waals surface area contributed by atoms with Crippen LogP contribution < -0.4 is 16.0 Å². The normalized spacial score (nSPS) is 18.9. The van der Waals surface area contributed by atoms with Crippen LogP contribution in [0.4, 0.5) is 5.69 Å². The van der Waals surface area contributed by atoms with E-state index in [1.807, 2.05) is 0 Å². The summed E-state index contributed by atoms with van der Waals surface area (Å²) in [6, 6.07) is -0.129. The summed E-state index contributed by atoms with van der Waals surface area (Å²) >= 11 is 0. The molecule has 1 atom stereocenters. The van der Waals surface area contributed by atoms with Gasteiger partial charge in [-0.25, -0.2) is 0 Å². The van der Waals surface area contributed by atoms with Gasteiger partial charge in [-0.1, -0.05) is 6.42 Å². The van der Waals surface area contributed by atoms with Crippen LogP contribution in [0.5, 0.6) is 0 Å². The van der Waals surface area contributed by atoms with Crippen molar-refractivity contribution in [2.75, 3.05) is 18.9 Å². The zero-order chi connectivity index (χ0) is 13.7. The minimum atomic E-state index is -0.130. The lowest BCUT2D eigenvalue weighted by Gasteiger charge is -2.22. The summed E-state index contributed by atoms with van der Waals surface area (Å²) in [5.74, 6) is -0.172. The van der Waals surface area contributed by atoms with Gasteiger partial charge in [0, 0.05) is 13.2 Å². The van der Waals surface area contributed by atoms with Gasteiger partial charge in [0.2, 0.25) is 11.8 Å². The lowest BCUT2D eigenvalue weighted by atomic mass is 10.0. The molecule has 2 rings (SSSR count). The predicted molar refractivity (Wildman–Crippen MR) is 70.6 cm³/mol. The third-order valence-corrected chi connectivity index (χ3v) is 3.11. The Hall–Kier alpha value is -1.89. The Balaban J connectivity index is 1.88. The quantitative estimate of drug-likeness (QED) is 0.698. The summed E-state index contributed by atoms with van der Waals surface area (Å²) in [5, 5.41) is 12.5. The zero-order valence-electron chi connectivity index (χ0n) is 11.0. The second-order valence-electron chi connectivity index (χ2n) is 4.59. The van der Waals surface area contributed by atoms with Crippen molar-refractivity contribution >= 4 is 17.5 Å². The van der Waals surface area contributed by atoms with E-state index < -0.39 is 0 Å². The number of nitrogens with zero attached hydrogens (tertiary/aromatic N) is 2. The molecular weight excluding hydrogens is 246 g/mol. The Morgan fingerprint density at radius 2 is 2.37 bits per heavy atom. The molecule has 1 aliphatic rings. The molecule has 7 nitrogen and oxygen atoms in total. The maximum Gasteiger partial charge on any atom is 0.241 e. The largest absolute Gasteiger partial charge is 0.358 e. The van der Waals surface area contributed by atoms with Crippen LogP contribution in [0.3, 0.4) is 0 Å². The monoisotopic (exact) mass is 265 g/mol. The van der Waals surface area contributed by atoms with Gasteiger partial charge in [-0.05, 0) is 19.4 Å². The first-order valence-electron chi connectivity index (χ1n) is 6.46. The molecule has 2 heterocycles. The van der Waals surface area contributed by atoms with Gasteiger partial charge < -0.3 is 16.0 Å². The summed E-state index contributed by atoms with van der Waals surface area (Å²) < 4.78 is 1.49. The minimum Gasteiger partial charge on any atom is -0.358 e. The lowest BCUT2D eigenvalue weighted by molar-refractivity contribution is -0.121. The molecule has 1 aromatic rings. The number of rotatable bonds is 4. The zero-order valence-corrected chi connectivity index (χ0v) is 11.0. The molecule has 2 amide bonds. The highest BCUT2D eigenvalue weighted by Crippen LogP contribution is 2.10. The second-order valence-corrected chi connectivity index (χ2v) is 4.59. The van der Waals surface area contributed by atoms with Crippen LogP contribution in [0.1, 0.15) is 19.3 Å². The Kier molecular flexibility index (Phi) is 4.51. The fraction of sp³-hybridized carbons (Fsp3) is 0.583. The van der Waals surface area contributed by atoms with E-state index in [1.165, 1.54) is 4.68 Å². The topological polar surface area (TPSA) is 88.0 Å². The van der Waals surface area contributed by atoms with Crippen molar-refractivity contribution in [2.45, 2.75) is 31.8 Å². The number of carbonyl (C=O) groups is 2. The number of hydrogen-bond donors (Lipinski definition) is 3. The van der Waals surface area contributed by atoms with E-state index in [9.17, 15) is 9.59 Å². The highest BCUT2D eigenvalue weighted by Gasteiger charge is 2.20. The van der Waals surface area contributed by atoms with E-state index in [1.54, 1.807) is 19.4 Å². The van der Waals surface area contributed by atoms with Crippen LogP contribution in [-0.4, -0.2) is 41.2 Å². The smallest absolute Gasteiger partial charge is 0.241 e. The molecule has 0 saturated carbocycles. The Bertz CT molecular complexity index is 451. The number of anilines is 1.